The molecule has 0 fully saturated rings. The summed E-state index contributed by atoms with van der Waals surface area (Å²) in [5.74, 6) is 0. The third-order valence-corrected chi connectivity index (χ3v) is 3.04. The molecule has 0 aliphatic carbocycles. The van der Waals surface area contributed by atoms with Gasteiger partial charge in [-0.3, -0.25) is 4.90 Å². The highest BCUT2D eigenvalue weighted by Gasteiger charge is 2.03. The molecule has 15 heavy (non-hydrogen) atoms. The Kier molecular flexibility index (Phi) is 5.22. The minimum atomic E-state index is 0.573. The summed E-state index contributed by atoms with van der Waals surface area (Å²) in [4.78, 5) is 7.92. The van der Waals surface area contributed by atoms with Crippen molar-refractivity contribution >= 4 is 11.3 Å². The summed E-state index contributed by atoms with van der Waals surface area (Å²) in [5, 5.41) is 4.57. The zero-order valence-corrected chi connectivity index (χ0v) is 10.9. The summed E-state index contributed by atoms with van der Waals surface area (Å²) in [5.41, 5.74) is 0. The van der Waals surface area contributed by atoms with Gasteiger partial charge in [0.25, 0.3) is 0 Å². The molecule has 0 saturated carbocycles. The van der Waals surface area contributed by atoms with Gasteiger partial charge < -0.3 is 5.32 Å². The summed E-state index contributed by atoms with van der Waals surface area (Å²) >= 11 is 1.78. The van der Waals surface area contributed by atoms with Crippen LogP contribution in [0.25, 0.3) is 0 Å². The van der Waals surface area contributed by atoms with Crippen molar-refractivity contribution in [3.8, 4) is 0 Å². The minimum absolute atomic E-state index is 0.573. The Morgan fingerprint density at radius 3 is 2.80 bits per heavy atom. The number of nitrogens with one attached hydrogen (secondary N) is 1. The van der Waals surface area contributed by atoms with E-state index in [9.17, 15) is 0 Å². The van der Waals surface area contributed by atoms with Crippen molar-refractivity contribution in [1.29, 1.82) is 0 Å². The Labute approximate surface area is 96.5 Å². The number of likely N-dealkylation sites (N-methyl/N-ethyl adjacent to an activating group) is 1. The first-order chi connectivity index (χ1) is 7.08. The van der Waals surface area contributed by atoms with Crippen LogP contribution in [-0.4, -0.2) is 36.1 Å². The van der Waals surface area contributed by atoms with Crippen molar-refractivity contribution in [2.24, 2.45) is 0 Å². The van der Waals surface area contributed by atoms with Crippen molar-refractivity contribution in [1.82, 2.24) is 15.2 Å². The van der Waals surface area contributed by atoms with Crippen molar-refractivity contribution < 1.29 is 0 Å². The second kappa shape index (κ2) is 6.20. The minimum Gasteiger partial charge on any atom is -0.313 e. The van der Waals surface area contributed by atoms with Gasteiger partial charge in [0.2, 0.25) is 0 Å². The lowest BCUT2D eigenvalue weighted by Crippen LogP contribution is -2.32. The summed E-state index contributed by atoms with van der Waals surface area (Å²) < 4.78 is 0. The van der Waals surface area contributed by atoms with Gasteiger partial charge in [0, 0.05) is 36.8 Å². The number of nitrogens with zero attached hydrogens (tertiary/aromatic N) is 2. The fourth-order valence-corrected chi connectivity index (χ4v) is 2.24. The van der Waals surface area contributed by atoms with Crippen molar-refractivity contribution in [2.45, 2.75) is 33.4 Å². The van der Waals surface area contributed by atoms with Crippen LogP contribution in [0.2, 0.25) is 0 Å². The summed E-state index contributed by atoms with van der Waals surface area (Å²) in [6.07, 6.45) is 1.98. The highest BCUT2D eigenvalue weighted by atomic mass is 32.1. The highest BCUT2D eigenvalue weighted by molar-refractivity contribution is 7.11. The van der Waals surface area contributed by atoms with Crippen LogP contribution in [0.15, 0.2) is 6.20 Å². The molecule has 1 aromatic rings. The highest BCUT2D eigenvalue weighted by Crippen LogP contribution is 2.12. The molecule has 3 nitrogen and oxygen atoms in total. The van der Waals surface area contributed by atoms with Crippen LogP contribution >= 0.6 is 11.3 Å². The van der Waals surface area contributed by atoms with E-state index in [0.29, 0.717) is 6.04 Å². The van der Waals surface area contributed by atoms with Crippen LogP contribution in [0.3, 0.4) is 0 Å². The van der Waals surface area contributed by atoms with E-state index in [1.54, 1.807) is 11.3 Å². The number of aryl methyl sites for hydroxylation is 1. The first kappa shape index (κ1) is 12.6. The zero-order valence-electron chi connectivity index (χ0n) is 10.1. The average molecular weight is 227 g/mol. The summed E-state index contributed by atoms with van der Waals surface area (Å²) in [7, 11) is 2.15. The lowest BCUT2D eigenvalue weighted by molar-refractivity contribution is 0.322. The molecule has 0 atom stereocenters. The molecular weight excluding hydrogens is 206 g/mol. The van der Waals surface area contributed by atoms with Crippen LogP contribution < -0.4 is 5.32 Å². The van der Waals surface area contributed by atoms with Gasteiger partial charge in [0.1, 0.15) is 0 Å². The Morgan fingerprint density at radius 2 is 2.27 bits per heavy atom. The molecule has 4 heteroatoms. The number of thiazole rings is 1. The van der Waals surface area contributed by atoms with Gasteiger partial charge in [-0.25, -0.2) is 4.98 Å². The molecule has 0 saturated heterocycles. The maximum atomic E-state index is 4.25. The van der Waals surface area contributed by atoms with Gasteiger partial charge in [-0.1, -0.05) is 13.8 Å². The van der Waals surface area contributed by atoms with Crippen LogP contribution in [-0.2, 0) is 6.54 Å². The molecule has 0 radical (unpaired) electrons. The van der Waals surface area contributed by atoms with E-state index in [-0.39, 0.29) is 0 Å². The molecule has 1 heterocycles. The summed E-state index contributed by atoms with van der Waals surface area (Å²) in [6, 6.07) is 0.573. The molecule has 0 aliphatic heterocycles. The topological polar surface area (TPSA) is 28.2 Å². The Morgan fingerprint density at radius 1 is 1.53 bits per heavy atom. The van der Waals surface area contributed by atoms with Crippen LogP contribution in [0, 0.1) is 6.92 Å². The van der Waals surface area contributed by atoms with Gasteiger partial charge in [0.05, 0.1) is 5.01 Å². The van der Waals surface area contributed by atoms with E-state index in [0.717, 1.165) is 24.6 Å². The predicted octanol–water partition coefficient (Wildman–Crippen LogP) is 1.88. The maximum Gasteiger partial charge on any atom is 0.0897 e. The average Bonchev–Trinajstić information content (AvgIpc) is 2.50. The van der Waals surface area contributed by atoms with Crippen LogP contribution in [0.5, 0.6) is 0 Å². The van der Waals surface area contributed by atoms with Gasteiger partial charge in [-0.15, -0.1) is 11.3 Å². The van der Waals surface area contributed by atoms with Crippen molar-refractivity contribution in [2.75, 3.05) is 20.1 Å². The van der Waals surface area contributed by atoms with Crippen LogP contribution in [0.4, 0.5) is 0 Å². The molecule has 0 bridgehead atoms. The summed E-state index contributed by atoms with van der Waals surface area (Å²) in [6.45, 7) is 9.53. The zero-order chi connectivity index (χ0) is 11.3. The smallest absolute Gasteiger partial charge is 0.0897 e. The molecule has 1 N–H and O–H groups in total. The van der Waals surface area contributed by atoms with Gasteiger partial charge in [-0.05, 0) is 14.0 Å². The second-order valence-electron chi connectivity index (χ2n) is 4.19. The van der Waals surface area contributed by atoms with E-state index in [1.165, 1.54) is 4.88 Å². The van der Waals surface area contributed by atoms with E-state index < -0.39 is 0 Å². The normalized spacial score (nSPS) is 11.6. The Hall–Kier alpha value is -0.450. The predicted molar refractivity (Wildman–Crippen MR) is 66.3 cm³/mol. The SMILES string of the molecule is Cc1ncc(CN(C)CCNC(C)C)s1. The molecule has 1 rings (SSSR count). The quantitative estimate of drug-likeness (QED) is 0.804. The fourth-order valence-electron chi connectivity index (χ4n) is 1.37. The van der Waals surface area contributed by atoms with Gasteiger partial charge in [0.15, 0.2) is 0 Å². The first-order valence-corrected chi connectivity index (χ1v) is 6.23. The molecule has 0 aromatic carbocycles. The van der Waals surface area contributed by atoms with Crippen molar-refractivity contribution in [3.63, 3.8) is 0 Å². The molecule has 0 amide bonds. The van der Waals surface area contributed by atoms with Gasteiger partial charge >= 0.3 is 0 Å². The fraction of sp³-hybridized carbons (Fsp3) is 0.727. The maximum absolute atomic E-state index is 4.25. The third kappa shape index (κ3) is 5.25. The molecular formula is C11H21N3S. The lowest BCUT2D eigenvalue weighted by Gasteiger charge is -2.16. The number of hydrogen-bond acceptors (Lipinski definition) is 4. The van der Waals surface area contributed by atoms with E-state index in [1.807, 2.05) is 6.20 Å². The standard InChI is InChI=1S/C11H21N3S/c1-9(2)12-5-6-14(4)8-11-7-13-10(3)15-11/h7,9,12H,5-6,8H2,1-4H3. The first-order valence-electron chi connectivity index (χ1n) is 5.41. The molecule has 0 aliphatic rings. The van der Waals surface area contributed by atoms with E-state index >= 15 is 0 Å². The second-order valence-corrected chi connectivity index (χ2v) is 5.51. The third-order valence-electron chi connectivity index (χ3n) is 2.14. The molecule has 0 unspecified atom stereocenters. The lowest BCUT2D eigenvalue weighted by atomic mass is 10.4. The number of hydrogen-bond donors (Lipinski definition) is 1. The van der Waals surface area contributed by atoms with Crippen LogP contribution in [0.1, 0.15) is 23.7 Å². The van der Waals surface area contributed by atoms with E-state index in [2.05, 4.69) is 43.0 Å². The number of aromatic nitrogens is 1. The molecule has 0 spiro atoms. The molecule has 1 aromatic heterocycles. The Bertz CT molecular complexity index is 283. The van der Waals surface area contributed by atoms with E-state index in [4.69, 9.17) is 0 Å². The van der Waals surface area contributed by atoms with Crippen molar-refractivity contribution in [3.05, 3.63) is 16.1 Å². The largest absolute Gasteiger partial charge is 0.313 e. The number of rotatable bonds is 6. The Balaban J connectivity index is 2.21. The monoisotopic (exact) mass is 227 g/mol. The molecule has 86 valence electrons. The van der Waals surface area contributed by atoms with Gasteiger partial charge in [-0.2, -0.15) is 0 Å².